The van der Waals surface area contributed by atoms with Crippen LogP contribution in [0.1, 0.15) is 32.6 Å². The van der Waals surface area contributed by atoms with Gasteiger partial charge in [0.2, 0.25) is 10.0 Å². The average Bonchev–Trinajstić information content (AvgIpc) is 2.78. The molecule has 1 fully saturated rings. The first kappa shape index (κ1) is 14.9. The van der Waals surface area contributed by atoms with E-state index in [1.807, 2.05) is 0 Å². The maximum atomic E-state index is 13.4. The lowest BCUT2D eigenvalue weighted by molar-refractivity contribution is 0.336. The summed E-state index contributed by atoms with van der Waals surface area (Å²) in [6.07, 6.45) is 4.35. The van der Waals surface area contributed by atoms with Gasteiger partial charge in [-0.25, -0.2) is 17.5 Å². The molecule has 0 aromatic heterocycles. The largest absolute Gasteiger partial charge is 0.240 e. The topological polar surface area (TPSA) is 46.2 Å². The van der Waals surface area contributed by atoms with E-state index in [0.717, 1.165) is 31.7 Å². The van der Waals surface area contributed by atoms with Gasteiger partial charge in [0.1, 0.15) is 5.82 Å². The van der Waals surface area contributed by atoms with E-state index in [4.69, 9.17) is 0 Å². The van der Waals surface area contributed by atoms with Crippen LogP contribution in [0.2, 0.25) is 0 Å². The van der Waals surface area contributed by atoms with E-state index in [1.54, 1.807) is 0 Å². The van der Waals surface area contributed by atoms with Gasteiger partial charge in [-0.05, 0) is 52.4 Å². The molecule has 1 N–H and O–H groups in total. The summed E-state index contributed by atoms with van der Waals surface area (Å²) < 4.78 is 40.4. The van der Waals surface area contributed by atoms with E-state index in [-0.39, 0.29) is 14.8 Å². The van der Waals surface area contributed by atoms with Crippen LogP contribution in [0.5, 0.6) is 0 Å². The summed E-state index contributed by atoms with van der Waals surface area (Å²) in [6.45, 7) is 2.50. The predicted octanol–water partition coefficient (Wildman–Crippen LogP) is 3.45. The number of benzene rings is 1. The van der Waals surface area contributed by atoms with Crippen LogP contribution in [0.4, 0.5) is 4.39 Å². The number of rotatable bonds is 4. The number of halogens is 2. The lowest BCUT2D eigenvalue weighted by atomic mass is 9.89. The van der Waals surface area contributed by atoms with Crippen molar-refractivity contribution in [2.45, 2.75) is 37.5 Å². The van der Waals surface area contributed by atoms with Gasteiger partial charge in [-0.2, -0.15) is 0 Å². The Bertz CT molecular complexity index is 568. The molecule has 19 heavy (non-hydrogen) atoms. The van der Waals surface area contributed by atoms with Crippen molar-refractivity contribution in [3.8, 4) is 0 Å². The standard InChI is InChI=1S/C13H17BrFNO2S/c1-13(6-2-3-7-13)9-16-19(17,18)10-4-5-11(14)12(15)8-10/h4-5,8,16H,2-3,6-7,9H2,1H3. The van der Waals surface area contributed by atoms with Crippen molar-refractivity contribution in [2.75, 3.05) is 6.54 Å². The SMILES string of the molecule is CC1(CNS(=O)(=O)c2ccc(Br)c(F)c2)CCCC1. The summed E-state index contributed by atoms with van der Waals surface area (Å²) in [5, 5.41) is 0. The number of nitrogens with one attached hydrogen (secondary N) is 1. The molecule has 1 aliphatic carbocycles. The Labute approximate surface area is 121 Å². The van der Waals surface area contributed by atoms with Crippen molar-refractivity contribution >= 4 is 26.0 Å². The fourth-order valence-electron chi connectivity index (χ4n) is 2.40. The van der Waals surface area contributed by atoms with Crippen molar-refractivity contribution in [3.05, 3.63) is 28.5 Å². The minimum atomic E-state index is -3.64. The number of hydrogen-bond acceptors (Lipinski definition) is 2. The molecule has 0 spiro atoms. The highest BCUT2D eigenvalue weighted by Gasteiger charge is 2.30. The Balaban J connectivity index is 2.11. The van der Waals surface area contributed by atoms with E-state index < -0.39 is 15.8 Å². The average molecular weight is 350 g/mol. The second-order valence-electron chi connectivity index (χ2n) is 5.42. The lowest BCUT2D eigenvalue weighted by Gasteiger charge is -2.23. The van der Waals surface area contributed by atoms with Gasteiger partial charge in [0, 0.05) is 6.54 Å². The third-order valence-electron chi connectivity index (χ3n) is 3.70. The molecule has 0 saturated heterocycles. The van der Waals surface area contributed by atoms with Gasteiger partial charge in [0.05, 0.1) is 9.37 Å². The molecule has 1 aromatic rings. The van der Waals surface area contributed by atoms with Crippen molar-refractivity contribution in [1.29, 1.82) is 0 Å². The molecule has 1 saturated carbocycles. The molecule has 0 radical (unpaired) electrons. The summed E-state index contributed by atoms with van der Waals surface area (Å²) in [7, 11) is -3.64. The summed E-state index contributed by atoms with van der Waals surface area (Å²) in [5.74, 6) is -0.574. The van der Waals surface area contributed by atoms with Crippen LogP contribution in [0.25, 0.3) is 0 Å². The minimum absolute atomic E-state index is 0.0287. The van der Waals surface area contributed by atoms with Crippen molar-refractivity contribution in [2.24, 2.45) is 5.41 Å². The zero-order valence-electron chi connectivity index (χ0n) is 10.7. The first-order valence-electron chi connectivity index (χ1n) is 6.27. The van der Waals surface area contributed by atoms with Crippen LogP contribution in [0.15, 0.2) is 27.6 Å². The molecule has 0 unspecified atom stereocenters. The Morgan fingerprint density at radius 2 is 2.00 bits per heavy atom. The molecule has 0 bridgehead atoms. The van der Waals surface area contributed by atoms with Crippen LogP contribution in [-0.4, -0.2) is 15.0 Å². The van der Waals surface area contributed by atoms with E-state index in [0.29, 0.717) is 6.54 Å². The van der Waals surface area contributed by atoms with Gasteiger partial charge < -0.3 is 0 Å². The summed E-state index contributed by atoms with van der Waals surface area (Å²) in [5.41, 5.74) is 0.0287. The second-order valence-corrected chi connectivity index (χ2v) is 8.04. The zero-order chi connectivity index (χ0) is 14.1. The quantitative estimate of drug-likeness (QED) is 0.904. The van der Waals surface area contributed by atoms with E-state index in [9.17, 15) is 12.8 Å². The number of hydrogen-bond donors (Lipinski definition) is 1. The third-order valence-corrected chi connectivity index (χ3v) is 5.74. The first-order valence-corrected chi connectivity index (χ1v) is 8.55. The van der Waals surface area contributed by atoms with Gasteiger partial charge in [-0.15, -0.1) is 0 Å². The van der Waals surface area contributed by atoms with Crippen LogP contribution in [0, 0.1) is 11.2 Å². The molecule has 0 amide bonds. The molecule has 1 aliphatic rings. The predicted molar refractivity (Wildman–Crippen MR) is 75.9 cm³/mol. The molecule has 3 nitrogen and oxygen atoms in total. The highest BCUT2D eigenvalue weighted by molar-refractivity contribution is 9.10. The highest BCUT2D eigenvalue weighted by Crippen LogP contribution is 2.37. The molecular formula is C13H17BrFNO2S. The maximum absolute atomic E-state index is 13.4. The molecule has 2 rings (SSSR count). The van der Waals surface area contributed by atoms with Crippen molar-refractivity contribution in [1.82, 2.24) is 4.72 Å². The minimum Gasteiger partial charge on any atom is -0.211 e. The van der Waals surface area contributed by atoms with E-state index in [2.05, 4.69) is 27.6 Å². The lowest BCUT2D eigenvalue weighted by Crippen LogP contribution is -2.34. The monoisotopic (exact) mass is 349 g/mol. The van der Waals surface area contributed by atoms with Gasteiger partial charge in [0.25, 0.3) is 0 Å². The Morgan fingerprint density at radius 1 is 1.37 bits per heavy atom. The maximum Gasteiger partial charge on any atom is 0.240 e. The molecule has 0 heterocycles. The van der Waals surface area contributed by atoms with Gasteiger partial charge >= 0.3 is 0 Å². The van der Waals surface area contributed by atoms with Gasteiger partial charge in [0.15, 0.2) is 0 Å². The van der Waals surface area contributed by atoms with Crippen molar-refractivity contribution < 1.29 is 12.8 Å². The third kappa shape index (κ3) is 3.55. The first-order chi connectivity index (χ1) is 8.82. The number of sulfonamides is 1. The van der Waals surface area contributed by atoms with Crippen molar-refractivity contribution in [3.63, 3.8) is 0 Å². The Kier molecular flexibility index (Phi) is 4.32. The summed E-state index contributed by atoms with van der Waals surface area (Å²) in [4.78, 5) is -0.0326. The Hall–Kier alpha value is -0.460. The smallest absolute Gasteiger partial charge is 0.211 e. The normalized spacial score (nSPS) is 18.7. The summed E-state index contributed by atoms with van der Waals surface area (Å²) >= 11 is 3.01. The molecule has 6 heteroatoms. The molecule has 1 aromatic carbocycles. The molecule has 0 aliphatic heterocycles. The summed E-state index contributed by atoms with van der Waals surface area (Å²) in [6, 6.07) is 3.83. The van der Waals surface area contributed by atoms with Crippen LogP contribution in [0.3, 0.4) is 0 Å². The fourth-order valence-corrected chi connectivity index (χ4v) is 3.86. The molecule has 106 valence electrons. The van der Waals surface area contributed by atoms with Crippen LogP contribution in [-0.2, 0) is 10.0 Å². The Morgan fingerprint density at radius 3 is 2.58 bits per heavy atom. The van der Waals surface area contributed by atoms with Crippen LogP contribution >= 0.6 is 15.9 Å². The van der Waals surface area contributed by atoms with E-state index >= 15 is 0 Å². The zero-order valence-corrected chi connectivity index (χ0v) is 13.2. The fraction of sp³-hybridized carbons (Fsp3) is 0.538. The second kappa shape index (κ2) is 5.50. The highest BCUT2D eigenvalue weighted by atomic mass is 79.9. The molecule has 0 atom stereocenters. The molecular weight excluding hydrogens is 333 g/mol. The van der Waals surface area contributed by atoms with Crippen LogP contribution < -0.4 is 4.72 Å². The van der Waals surface area contributed by atoms with Gasteiger partial charge in [-0.1, -0.05) is 19.8 Å². The van der Waals surface area contributed by atoms with E-state index in [1.165, 1.54) is 12.1 Å². The van der Waals surface area contributed by atoms with Gasteiger partial charge in [-0.3, -0.25) is 0 Å².